The summed E-state index contributed by atoms with van der Waals surface area (Å²) < 4.78 is 0. The van der Waals surface area contributed by atoms with Crippen LogP contribution >= 0.6 is 0 Å². The Labute approximate surface area is 101 Å². The Kier molecular flexibility index (Phi) is 2.08. The maximum Gasteiger partial charge on any atom is 0.235 e. The topological polar surface area (TPSA) is 68.0 Å². The maximum absolute atomic E-state index is 11.9. The highest BCUT2D eigenvalue weighted by Crippen LogP contribution is 2.45. The predicted molar refractivity (Wildman–Crippen MR) is 65.8 cm³/mol. The highest BCUT2D eigenvalue weighted by Gasteiger charge is 2.43. The van der Waals surface area contributed by atoms with Crippen LogP contribution in [0.25, 0.3) is 0 Å². The van der Waals surface area contributed by atoms with E-state index in [9.17, 15) is 4.79 Å². The Bertz CT molecular complexity index is 489. The lowest BCUT2D eigenvalue weighted by Gasteiger charge is -2.35. The molecule has 1 aliphatic carbocycles. The van der Waals surface area contributed by atoms with E-state index in [4.69, 9.17) is 5.73 Å². The van der Waals surface area contributed by atoms with Crippen LogP contribution in [0.4, 0.5) is 5.82 Å². The molecule has 90 valence electrons. The quantitative estimate of drug-likeness (QED) is 0.770. The second-order valence-electron chi connectivity index (χ2n) is 5.63. The average molecular weight is 231 g/mol. The third kappa shape index (κ3) is 1.40. The molecule has 1 aromatic heterocycles. The molecule has 0 saturated heterocycles. The summed E-state index contributed by atoms with van der Waals surface area (Å²) in [5.74, 6) is 1.27. The number of anilines is 1. The number of aromatic nitrogens is 1. The molecule has 1 aliphatic heterocycles. The van der Waals surface area contributed by atoms with Crippen LogP contribution in [0, 0.1) is 0 Å². The standard InChI is InChI=1S/C13H17N3O/c1-13(2)10-9(7-5-8(14)6-7)3-4-15-11(10)16-12(13)17/h3-4,7-8H,5-6,14H2,1-2H3,(H,15,16,17). The molecule has 3 N–H and O–H groups in total. The zero-order valence-electron chi connectivity index (χ0n) is 10.2. The van der Waals surface area contributed by atoms with E-state index in [1.165, 1.54) is 5.56 Å². The van der Waals surface area contributed by atoms with Crippen molar-refractivity contribution in [3.63, 3.8) is 0 Å². The number of amides is 1. The van der Waals surface area contributed by atoms with E-state index in [-0.39, 0.29) is 5.91 Å². The van der Waals surface area contributed by atoms with E-state index in [1.54, 1.807) is 6.20 Å². The average Bonchev–Trinajstić information content (AvgIpc) is 2.46. The largest absolute Gasteiger partial charge is 0.328 e. The Morgan fingerprint density at radius 2 is 2.18 bits per heavy atom. The minimum absolute atomic E-state index is 0.0380. The van der Waals surface area contributed by atoms with Crippen molar-refractivity contribution < 1.29 is 4.79 Å². The number of carbonyl (C=O) groups excluding carboxylic acids is 1. The first-order chi connectivity index (χ1) is 8.00. The summed E-state index contributed by atoms with van der Waals surface area (Å²) in [5.41, 5.74) is 7.70. The van der Waals surface area contributed by atoms with E-state index in [2.05, 4.69) is 10.3 Å². The van der Waals surface area contributed by atoms with Gasteiger partial charge in [0.25, 0.3) is 0 Å². The summed E-state index contributed by atoms with van der Waals surface area (Å²) in [7, 11) is 0. The molecule has 0 spiro atoms. The molecule has 0 aromatic carbocycles. The van der Waals surface area contributed by atoms with Crippen LogP contribution in [-0.4, -0.2) is 16.9 Å². The molecule has 0 bridgehead atoms. The van der Waals surface area contributed by atoms with Gasteiger partial charge < -0.3 is 11.1 Å². The van der Waals surface area contributed by atoms with E-state index < -0.39 is 5.41 Å². The van der Waals surface area contributed by atoms with Crippen LogP contribution in [0.2, 0.25) is 0 Å². The van der Waals surface area contributed by atoms with Gasteiger partial charge in [-0.25, -0.2) is 4.98 Å². The van der Waals surface area contributed by atoms with Crippen LogP contribution in [0.3, 0.4) is 0 Å². The number of nitrogens with one attached hydrogen (secondary N) is 1. The highest BCUT2D eigenvalue weighted by molar-refractivity contribution is 6.05. The third-order valence-electron chi connectivity index (χ3n) is 4.02. The summed E-state index contributed by atoms with van der Waals surface area (Å²) in [6.07, 6.45) is 3.81. The molecule has 1 amide bonds. The number of pyridine rings is 1. The number of hydrogen-bond acceptors (Lipinski definition) is 3. The third-order valence-corrected chi connectivity index (χ3v) is 4.02. The first kappa shape index (κ1) is 10.7. The molecule has 2 heterocycles. The van der Waals surface area contributed by atoms with Crippen molar-refractivity contribution in [2.45, 2.75) is 44.1 Å². The smallest absolute Gasteiger partial charge is 0.235 e. The molecular formula is C13H17N3O. The predicted octanol–water partition coefficient (Wildman–Crippen LogP) is 1.52. The maximum atomic E-state index is 11.9. The van der Waals surface area contributed by atoms with E-state index in [0.717, 1.165) is 24.2 Å². The first-order valence-corrected chi connectivity index (χ1v) is 6.06. The molecule has 3 rings (SSSR count). The Morgan fingerprint density at radius 3 is 2.82 bits per heavy atom. The van der Waals surface area contributed by atoms with Crippen molar-refractivity contribution in [2.24, 2.45) is 5.73 Å². The summed E-state index contributed by atoms with van der Waals surface area (Å²) >= 11 is 0. The van der Waals surface area contributed by atoms with Gasteiger partial charge in [0, 0.05) is 17.8 Å². The molecule has 0 radical (unpaired) electrons. The molecular weight excluding hydrogens is 214 g/mol. The molecule has 0 atom stereocenters. The van der Waals surface area contributed by atoms with Gasteiger partial charge in [-0.05, 0) is 44.2 Å². The number of carbonyl (C=O) groups is 1. The van der Waals surface area contributed by atoms with E-state index in [0.29, 0.717) is 12.0 Å². The number of hydrogen-bond donors (Lipinski definition) is 2. The Hall–Kier alpha value is -1.42. The minimum atomic E-state index is -0.474. The van der Waals surface area contributed by atoms with Crippen molar-refractivity contribution in [1.82, 2.24) is 4.98 Å². The number of nitrogens with two attached hydrogens (primary N) is 1. The number of fused-ring (bicyclic) bond motifs is 1. The lowest BCUT2D eigenvalue weighted by atomic mass is 9.71. The fraction of sp³-hybridized carbons (Fsp3) is 0.538. The van der Waals surface area contributed by atoms with Gasteiger partial charge in [-0.2, -0.15) is 0 Å². The van der Waals surface area contributed by atoms with Crippen LogP contribution < -0.4 is 11.1 Å². The van der Waals surface area contributed by atoms with Gasteiger partial charge in [0.2, 0.25) is 5.91 Å². The number of rotatable bonds is 1. The lowest BCUT2D eigenvalue weighted by molar-refractivity contribution is -0.119. The molecule has 1 aromatic rings. The van der Waals surface area contributed by atoms with Crippen molar-refractivity contribution in [1.29, 1.82) is 0 Å². The van der Waals surface area contributed by atoms with E-state index >= 15 is 0 Å². The fourth-order valence-corrected chi connectivity index (χ4v) is 2.86. The van der Waals surface area contributed by atoms with Gasteiger partial charge in [0.15, 0.2) is 0 Å². The molecule has 1 saturated carbocycles. The molecule has 0 unspecified atom stereocenters. The SMILES string of the molecule is CC1(C)C(=O)Nc2nccc(C3CC(N)C3)c21. The minimum Gasteiger partial charge on any atom is -0.328 e. The first-order valence-electron chi connectivity index (χ1n) is 6.06. The Balaban J connectivity index is 2.08. The molecule has 17 heavy (non-hydrogen) atoms. The van der Waals surface area contributed by atoms with Gasteiger partial charge in [0.05, 0.1) is 5.41 Å². The van der Waals surface area contributed by atoms with Gasteiger partial charge in [-0.3, -0.25) is 4.79 Å². The van der Waals surface area contributed by atoms with Crippen LogP contribution in [0.1, 0.15) is 43.7 Å². The second-order valence-corrected chi connectivity index (χ2v) is 5.63. The van der Waals surface area contributed by atoms with Crippen LogP contribution in [0.5, 0.6) is 0 Å². The normalized spacial score (nSPS) is 29.5. The molecule has 4 heteroatoms. The summed E-state index contributed by atoms with van der Waals surface area (Å²) in [6, 6.07) is 2.36. The van der Waals surface area contributed by atoms with E-state index in [1.807, 2.05) is 19.9 Å². The summed E-state index contributed by atoms with van der Waals surface area (Å²) in [4.78, 5) is 16.2. The monoisotopic (exact) mass is 231 g/mol. The van der Waals surface area contributed by atoms with Crippen LogP contribution in [-0.2, 0) is 10.2 Å². The van der Waals surface area contributed by atoms with Gasteiger partial charge in [-0.1, -0.05) is 0 Å². The zero-order chi connectivity index (χ0) is 12.2. The summed E-state index contributed by atoms with van der Waals surface area (Å²) in [5, 5.41) is 2.86. The van der Waals surface area contributed by atoms with Crippen molar-refractivity contribution in [2.75, 3.05) is 5.32 Å². The molecule has 4 nitrogen and oxygen atoms in total. The van der Waals surface area contributed by atoms with Crippen molar-refractivity contribution >= 4 is 11.7 Å². The van der Waals surface area contributed by atoms with Crippen molar-refractivity contribution in [3.8, 4) is 0 Å². The summed E-state index contributed by atoms with van der Waals surface area (Å²) in [6.45, 7) is 3.91. The van der Waals surface area contributed by atoms with Gasteiger partial charge in [0.1, 0.15) is 5.82 Å². The molecule has 2 aliphatic rings. The molecule has 1 fully saturated rings. The lowest BCUT2D eigenvalue weighted by Crippen LogP contribution is -2.36. The van der Waals surface area contributed by atoms with Gasteiger partial charge in [-0.15, -0.1) is 0 Å². The Morgan fingerprint density at radius 1 is 1.47 bits per heavy atom. The van der Waals surface area contributed by atoms with Gasteiger partial charge >= 0.3 is 0 Å². The fourth-order valence-electron chi connectivity index (χ4n) is 2.86. The van der Waals surface area contributed by atoms with Crippen LogP contribution in [0.15, 0.2) is 12.3 Å². The number of nitrogens with zero attached hydrogens (tertiary/aromatic N) is 1. The highest BCUT2D eigenvalue weighted by atomic mass is 16.2. The van der Waals surface area contributed by atoms with Crippen molar-refractivity contribution in [3.05, 3.63) is 23.4 Å². The zero-order valence-corrected chi connectivity index (χ0v) is 10.2. The second kappa shape index (κ2) is 3.29.